The molecule has 3 aromatic carbocycles. The van der Waals surface area contributed by atoms with Crippen LogP contribution in [0, 0.1) is 34.9 Å². The molecule has 7 nitrogen and oxygen atoms in total. The van der Waals surface area contributed by atoms with Crippen LogP contribution in [0.3, 0.4) is 0 Å². The molecule has 2 aliphatic heterocycles. The first-order valence-corrected chi connectivity index (χ1v) is 20.2. The van der Waals surface area contributed by atoms with Gasteiger partial charge in [-0.15, -0.1) is 0 Å². The summed E-state index contributed by atoms with van der Waals surface area (Å²) in [6.45, 7) is 18.5. The zero-order valence-corrected chi connectivity index (χ0v) is 33.4. The average Bonchev–Trinajstić information content (AvgIpc) is 3.37. The molecular weight excluding hydrogens is 776 g/mol. The molecule has 282 valence electrons. The number of hydrogen-bond acceptors (Lipinski definition) is 7. The van der Waals surface area contributed by atoms with Crippen LogP contribution in [0.2, 0.25) is 18.1 Å². The molecular formula is C35H41B2BrF6O7Si. The van der Waals surface area contributed by atoms with Gasteiger partial charge < -0.3 is 32.5 Å². The van der Waals surface area contributed by atoms with E-state index in [0.717, 1.165) is 36.4 Å². The Balaban J connectivity index is 1.31. The molecule has 2 fully saturated rings. The molecule has 0 radical (unpaired) electrons. The fourth-order valence-electron chi connectivity index (χ4n) is 5.27. The van der Waals surface area contributed by atoms with Crippen LogP contribution in [0.4, 0.5) is 26.3 Å². The van der Waals surface area contributed by atoms with Crippen molar-refractivity contribution in [3.05, 3.63) is 75.8 Å². The third-order valence-electron chi connectivity index (χ3n) is 10.4. The molecule has 0 bridgehead atoms. The minimum Gasteiger partial charge on any atom is -0.540 e. The molecule has 52 heavy (non-hydrogen) atoms. The van der Waals surface area contributed by atoms with Gasteiger partial charge in [-0.1, -0.05) is 36.7 Å². The molecule has 17 heteroatoms. The Morgan fingerprint density at radius 3 is 1.54 bits per heavy atom. The van der Waals surface area contributed by atoms with Crippen LogP contribution in [0.15, 0.2) is 40.9 Å². The monoisotopic (exact) mass is 816 g/mol. The summed E-state index contributed by atoms with van der Waals surface area (Å²) in [5.41, 5.74) is -3.94. The fourth-order valence-corrected chi connectivity index (χ4v) is 6.69. The lowest BCUT2D eigenvalue weighted by Crippen LogP contribution is -2.50. The van der Waals surface area contributed by atoms with Crippen molar-refractivity contribution in [3.8, 4) is 17.2 Å². The van der Waals surface area contributed by atoms with Gasteiger partial charge in [0.25, 0.3) is 8.32 Å². The third kappa shape index (κ3) is 7.50. The third-order valence-corrected chi connectivity index (χ3v) is 15.2. The SMILES string of the molecule is CC1(C)OB(c2cc(F)c(O[Si](C)(C)C(C)(C)C)c(F)c2)OC1(C)COc1c(F)cc(B2OC(C)(C)C(C)(Oc3c(F)cc(Br)cc3F)O2)cc1F. The Morgan fingerprint density at radius 2 is 1.06 bits per heavy atom. The average molecular weight is 817 g/mol. The van der Waals surface area contributed by atoms with Gasteiger partial charge in [0.1, 0.15) is 17.8 Å². The minimum atomic E-state index is -2.57. The van der Waals surface area contributed by atoms with Crippen molar-refractivity contribution in [2.75, 3.05) is 6.61 Å². The van der Waals surface area contributed by atoms with Crippen LogP contribution >= 0.6 is 15.9 Å². The van der Waals surface area contributed by atoms with Crippen molar-refractivity contribution in [2.24, 2.45) is 0 Å². The summed E-state index contributed by atoms with van der Waals surface area (Å²) < 4.78 is 132. The number of rotatable bonds is 9. The second-order valence-corrected chi connectivity index (χ2v) is 21.6. The van der Waals surface area contributed by atoms with E-state index in [9.17, 15) is 8.78 Å². The normalized spacial score (nSPS) is 23.0. The molecule has 0 amide bonds. The lowest BCUT2D eigenvalue weighted by Gasteiger charge is -2.36. The second-order valence-electron chi connectivity index (χ2n) is 15.9. The Hall–Kier alpha value is -2.69. The minimum absolute atomic E-state index is 0.0391. The molecule has 2 aliphatic rings. The van der Waals surface area contributed by atoms with Gasteiger partial charge in [-0.25, -0.2) is 26.3 Å². The number of benzene rings is 3. The molecule has 0 N–H and O–H groups in total. The quantitative estimate of drug-likeness (QED) is 0.159. The summed E-state index contributed by atoms with van der Waals surface area (Å²) in [4.78, 5) is 0. The molecule has 5 rings (SSSR count). The topological polar surface area (TPSA) is 64.6 Å². The molecule has 2 unspecified atom stereocenters. The van der Waals surface area contributed by atoms with Crippen LogP contribution in [0.1, 0.15) is 62.3 Å². The molecule has 3 aromatic rings. The highest BCUT2D eigenvalue weighted by molar-refractivity contribution is 9.10. The molecule has 0 spiro atoms. The largest absolute Gasteiger partial charge is 0.540 e. The first-order valence-electron chi connectivity index (χ1n) is 16.5. The lowest BCUT2D eigenvalue weighted by molar-refractivity contribution is -0.158. The highest BCUT2D eigenvalue weighted by Crippen LogP contribution is 2.43. The summed E-state index contributed by atoms with van der Waals surface area (Å²) in [6.07, 6.45) is 0. The molecule has 2 saturated heterocycles. The molecule has 0 aromatic heterocycles. The van der Waals surface area contributed by atoms with E-state index in [1.54, 1.807) is 20.8 Å². The maximum absolute atomic E-state index is 15.5. The van der Waals surface area contributed by atoms with E-state index in [-0.39, 0.29) is 20.4 Å². The van der Waals surface area contributed by atoms with E-state index in [4.69, 9.17) is 32.5 Å². The van der Waals surface area contributed by atoms with Gasteiger partial charge in [0.05, 0.1) is 5.60 Å². The van der Waals surface area contributed by atoms with Crippen molar-refractivity contribution >= 4 is 49.4 Å². The predicted molar refractivity (Wildman–Crippen MR) is 191 cm³/mol. The molecule has 0 aliphatic carbocycles. The molecule has 2 heterocycles. The van der Waals surface area contributed by atoms with Gasteiger partial charge in [0.15, 0.2) is 52.2 Å². The number of ether oxygens (including phenoxy) is 2. The van der Waals surface area contributed by atoms with Crippen LogP contribution in [-0.2, 0) is 18.6 Å². The van der Waals surface area contributed by atoms with Gasteiger partial charge in [0, 0.05) is 11.4 Å². The van der Waals surface area contributed by atoms with Gasteiger partial charge >= 0.3 is 14.2 Å². The van der Waals surface area contributed by atoms with Crippen molar-refractivity contribution in [2.45, 2.75) is 103 Å². The molecule has 2 atom stereocenters. The summed E-state index contributed by atoms with van der Waals surface area (Å²) in [5.74, 6) is -9.80. The zero-order chi connectivity index (χ0) is 39.0. The lowest BCUT2D eigenvalue weighted by atomic mass is 9.79. The Bertz CT molecular complexity index is 1810. The van der Waals surface area contributed by atoms with E-state index in [2.05, 4.69) is 15.9 Å². The van der Waals surface area contributed by atoms with Gasteiger partial charge in [-0.05, 0) is 100 Å². The van der Waals surface area contributed by atoms with Crippen molar-refractivity contribution in [1.29, 1.82) is 0 Å². The van der Waals surface area contributed by atoms with Gasteiger partial charge in [-0.2, -0.15) is 0 Å². The van der Waals surface area contributed by atoms with E-state index in [0.29, 0.717) is 0 Å². The van der Waals surface area contributed by atoms with E-state index >= 15 is 17.6 Å². The van der Waals surface area contributed by atoms with Crippen LogP contribution < -0.4 is 24.8 Å². The smallest absolute Gasteiger partial charge is 0.497 e. The van der Waals surface area contributed by atoms with Gasteiger partial charge in [-0.3, -0.25) is 0 Å². The highest BCUT2D eigenvalue weighted by atomic mass is 79.9. The van der Waals surface area contributed by atoms with Crippen LogP contribution in [-0.4, -0.2) is 51.8 Å². The van der Waals surface area contributed by atoms with E-state index < -0.39 is 104 Å². The van der Waals surface area contributed by atoms with Crippen molar-refractivity contribution < 1.29 is 58.9 Å². The Morgan fingerprint density at radius 1 is 0.635 bits per heavy atom. The van der Waals surface area contributed by atoms with Gasteiger partial charge in [0.2, 0.25) is 5.79 Å². The maximum atomic E-state index is 15.5. The summed E-state index contributed by atoms with van der Waals surface area (Å²) >= 11 is 3.01. The first-order chi connectivity index (χ1) is 23.7. The zero-order valence-electron chi connectivity index (χ0n) is 30.8. The van der Waals surface area contributed by atoms with Crippen molar-refractivity contribution in [3.63, 3.8) is 0 Å². The second kappa shape index (κ2) is 13.6. The predicted octanol–water partition coefficient (Wildman–Crippen LogP) is 8.34. The standard InChI is InChI=1S/C35H41B2BrF6O7Si/c1-31(2,3)52(10,11)47-30-24(41)14-19(15-25(30)42)36-48-32(4,5)34(8,50-36)18-45-28-22(39)12-20(13-23(28)40)37-49-33(6,7)35(9,51-37)46-29-26(43)16-21(38)17-27(29)44/h12-17H,18H2,1-11H3. The van der Waals surface area contributed by atoms with Crippen LogP contribution in [0.5, 0.6) is 17.2 Å². The van der Waals surface area contributed by atoms with Crippen LogP contribution in [0.25, 0.3) is 0 Å². The summed E-state index contributed by atoms with van der Waals surface area (Å²) in [6, 6.07) is 6.05. The number of hydrogen-bond donors (Lipinski definition) is 0. The number of halogens is 7. The highest BCUT2D eigenvalue weighted by Gasteiger charge is 2.58. The Kier molecular flexibility index (Phi) is 10.6. The first kappa shape index (κ1) is 40.5. The summed E-state index contributed by atoms with van der Waals surface area (Å²) in [5, 5.41) is -0.303. The van der Waals surface area contributed by atoms with E-state index in [1.165, 1.54) is 20.8 Å². The fraction of sp³-hybridized carbons (Fsp3) is 0.486. The molecule has 0 saturated carbocycles. The Labute approximate surface area is 310 Å². The van der Waals surface area contributed by atoms with Crippen molar-refractivity contribution in [1.82, 2.24) is 0 Å². The van der Waals surface area contributed by atoms with E-state index in [1.807, 2.05) is 33.9 Å². The summed E-state index contributed by atoms with van der Waals surface area (Å²) in [7, 11) is -5.21. The maximum Gasteiger partial charge on any atom is 0.497 e.